The Morgan fingerprint density at radius 3 is 1.83 bits per heavy atom. The second-order valence-electron chi connectivity index (χ2n) is 9.71. The number of carbonyl (C=O) groups is 2. The summed E-state index contributed by atoms with van der Waals surface area (Å²) in [5.74, 6) is 1.29. The Kier molecular flexibility index (Phi) is 3.18. The average Bonchev–Trinajstić information content (AvgIpc) is 2.42. The molecule has 5 fully saturated rings. The fourth-order valence-electron chi connectivity index (χ4n) is 7.25. The van der Waals surface area contributed by atoms with Crippen molar-refractivity contribution in [3.05, 3.63) is 0 Å². The van der Waals surface area contributed by atoms with E-state index in [1.807, 2.05) is 4.90 Å². The fraction of sp³-hybridized carbons (Fsp3) is 0.895. The van der Waals surface area contributed by atoms with Crippen molar-refractivity contribution in [3.63, 3.8) is 0 Å². The van der Waals surface area contributed by atoms with Crippen molar-refractivity contribution in [1.82, 2.24) is 9.80 Å². The quantitative estimate of drug-likeness (QED) is 0.746. The molecule has 0 aromatic heterocycles. The molecule has 4 saturated carbocycles. The predicted octanol–water partition coefficient (Wildman–Crippen LogP) is 2.67. The predicted molar refractivity (Wildman–Crippen MR) is 88.7 cm³/mol. The lowest BCUT2D eigenvalue weighted by molar-refractivity contribution is -0.181. The highest BCUT2D eigenvalue weighted by Gasteiger charge is 2.63. The first-order chi connectivity index (χ1) is 10.7. The molecule has 2 atom stereocenters. The van der Waals surface area contributed by atoms with E-state index in [0.717, 1.165) is 38.3 Å². The van der Waals surface area contributed by atoms with Crippen LogP contribution in [0.15, 0.2) is 0 Å². The van der Waals surface area contributed by atoms with Gasteiger partial charge in [-0.05, 0) is 55.3 Å². The van der Waals surface area contributed by atoms with Crippen LogP contribution in [0.3, 0.4) is 0 Å². The average molecular weight is 318 g/mol. The Hall–Kier alpha value is -1.06. The van der Waals surface area contributed by atoms with Gasteiger partial charge in [-0.15, -0.1) is 0 Å². The molecule has 1 aliphatic heterocycles. The van der Waals surface area contributed by atoms with E-state index in [1.165, 1.54) is 19.3 Å². The first-order valence-corrected chi connectivity index (χ1v) is 9.28. The molecule has 0 aromatic carbocycles. The van der Waals surface area contributed by atoms with Gasteiger partial charge in [0, 0.05) is 33.1 Å². The molecule has 5 rings (SSSR count). The summed E-state index contributed by atoms with van der Waals surface area (Å²) in [6.07, 6.45) is 7.27. The maximum atomic E-state index is 13.4. The molecule has 0 radical (unpaired) electrons. The minimum atomic E-state index is -0.0959. The molecule has 4 nitrogen and oxygen atoms in total. The number of rotatable bonds is 1. The van der Waals surface area contributed by atoms with Crippen molar-refractivity contribution in [2.75, 3.05) is 26.2 Å². The molecular weight excluding hydrogens is 288 g/mol. The highest BCUT2D eigenvalue weighted by Crippen LogP contribution is 2.69. The highest BCUT2D eigenvalue weighted by molar-refractivity contribution is 5.84. The lowest BCUT2D eigenvalue weighted by Gasteiger charge is -2.65. The van der Waals surface area contributed by atoms with Crippen molar-refractivity contribution < 1.29 is 9.59 Å². The monoisotopic (exact) mass is 318 g/mol. The summed E-state index contributed by atoms with van der Waals surface area (Å²) in [7, 11) is 0. The maximum absolute atomic E-state index is 13.4. The van der Waals surface area contributed by atoms with Crippen LogP contribution in [0.2, 0.25) is 0 Å². The van der Waals surface area contributed by atoms with Crippen molar-refractivity contribution >= 4 is 11.8 Å². The number of amides is 2. The Morgan fingerprint density at radius 2 is 1.35 bits per heavy atom. The highest BCUT2D eigenvalue weighted by atomic mass is 16.2. The van der Waals surface area contributed by atoms with Crippen LogP contribution in [-0.4, -0.2) is 47.8 Å². The van der Waals surface area contributed by atoms with Gasteiger partial charge in [-0.1, -0.05) is 13.8 Å². The molecule has 4 aliphatic carbocycles. The van der Waals surface area contributed by atoms with Gasteiger partial charge in [0.2, 0.25) is 11.8 Å². The topological polar surface area (TPSA) is 40.6 Å². The first kappa shape index (κ1) is 15.5. The number of piperazine rings is 1. The molecule has 128 valence electrons. The molecular formula is C19H30N2O2. The maximum Gasteiger partial charge on any atom is 0.228 e. The number of hydrogen-bond donors (Lipinski definition) is 0. The zero-order valence-corrected chi connectivity index (χ0v) is 14.9. The number of carbonyl (C=O) groups excluding carboxylic acids is 2. The second kappa shape index (κ2) is 4.73. The zero-order valence-electron chi connectivity index (χ0n) is 14.9. The fourth-order valence-corrected chi connectivity index (χ4v) is 7.25. The Bertz CT molecular complexity index is 532. The minimum Gasteiger partial charge on any atom is -0.339 e. The second-order valence-corrected chi connectivity index (χ2v) is 9.71. The van der Waals surface area contributed by atoms with Crippen LogP contribution in [0.25, 0.3) is 0 Å². The van der Waals surface area contributed by atoms with Crippen LogP contribution in [0.1, 0.15) is 59.3 Å². The van der Waals surface area contributed by atoms with E-state index in [1.54, 1.807) is 6.92 Å². The summed E-state index contributed by atoms with van der Waals surface area (Å²) < 4.78 is 0. The molecule has 5 aliphatic rings. The van der Waals surface area contributed by atoms with Gasteiger partial charge >= 0.3 is 0 Å². The molecule has 2 amide bonds. The van der Waals surface area contributed by atoms with Gasteiger partial charge in [0.25, 0.3) is 0 Å². The third-order valence-corrected chi connectivity index (χ3v) is 7.09. The van der Waals surface area contributed by atoms with Gasteiger partial charge < -0.3 is 9.80 Å². The Morgan fingerprint density at radius 1 is 0.826 bits per heavy atom. The van der Waals surface area contributed by atoms with Gasteiger partial charge in [-0.3, -0.25) is 9.59 Å². The van der Waals surface area contributed by atoms with Crippen molar-refractivity contribution in [3.8, 4) is 0 Å². The molecule has 0 unspecified atom stereocenters. The Labute approximate surface area is 139 Å². The van der Waals surface area contributed by atoms with E-state index in [9.17, 15) is 9.59 Å². The van der Waals surface area contributed by atoms with Crippen molar-refractivity contribution in [2.45, 2.75) is 59.3 Å². The third-order valence-electron chi connectivity index (χ3n) is 7.09. The van der Waals surface area contributed by atoms with Crippen molar-refractivity contribution in [1.29, 1.82) is 0 Å². The molecule has 1 heterocycles. The standard InChI is InChI=1S/C19H30N2O2/c1-14(22)20-4-6-21(7-5-20)16(23)19-10-15-8-17(2,12-19)11-18(3,9-15)13-19/h15H,4-13H2,1-3H3/t15?,17-,18-,19?/m1/s1. The van der Waals surface area contributed by atoms with Crippen LogP contribution in [0.4, 0.5) is 0 Å². The molecule has 4 bridgehead atoms. The number of nitrogens with zero attached hydrogens (tertiary/aromatic N) is 2. The zero-order chi connectivity index (χ0) is 16.5. The van der Waals surface area contributed by atoms with Crippen LogP contribution in [-0.2, 0) is 9.59 Å². The minimum absolute atomic E-state index is 0.0959. The summed E-state index contributed by atoms with van der Waals surface area (Å²) in [4.78, 5) is 28.9. The van der Waals surface area contributed by atoms with E-state index in [2.05, 4.69) is 18.7 Å². The van der Waals surface area contributed by atoms with Crippen molar-refractivity contribution in [2.24, 2.45) is 22.2 Å². The van der Waals surface area contributed by atoms with Crippen LogP contribution >= 0.6 is 0 Å². The van der Waals surface area contributed by atoms with Gasteiger partial charge in [-0.2, -0.15) is 0 Å². The van der Waals surface area contributed by atoms with E-state index in [0.29, 0.717) is 29.8 Å². The van der Waals surface area contributed by atoms with E-state index >= 15 is 0 Å². The molecule has 23 heavy (non-hydrogen) atoms. The van der Waals surface area contributed by atoms with Gasteiger partial charge in [0.1, 0.15) is 0 Å². The molecule has 0 N–H and O–H groups in total. The summed E-state index contributed by atoms with van der Waals surface area (Å²) in [5.41, 5.74) is 0.664. The lowest BCUT2D eigenvalue weighted by Crippen LogP contribution is -2.62. The van der Waals surface area contributed by atoms with Crippen LogP contribution in [0, 0.1) is 22.2 Å². The number of hydrogen-bond acceptors (Lipinski definition) is 2. The van der Waals surface area contributed by atoms with Gasteiger partial charge in [0.05, 0.1) is 5.41 Å². The van der Waals surface area contributed by atoms with Crippen LogP contribution < -0.4 is 0 Å². The molecule has 0 spiro atoms. The first-order valence-electron chi connectivity index (χ1n) is 9.28. The summed E-state index contributed by atoms with van der Waals surface area (Å²) in [6, 6.07) is 0. The summed E-state index contributed by atoms with van der Waals surface area (Å²) in [6.45, 7) is 9.32. The van der Waals surface area contributed by atoms with Crippen LogP contribution in [0.5, 0.6) is 0 Å². The molecule has 1 saturated heterocycles. The normalized spacial score (nSPS) is 45.4. The van der Waals surface area contributed by atoms with E-state index in [4.69, 9.17) is 0 Å². The largest absolute Gasteiger partial charge is 0.339 e. The Balaban J connectivity index is 1.54. The molecule has 0 aromatic rings. The summed E-state index contributed by atoms with van der Waals surface area (Å²) >= 11 is 0. The smallest absolute Gasteiger partial charge is 0.228 e. The summed E-state index contributed by atoms with van der Waals surface area (Å²) in [5, 5.41) is 0. The lowest BCUT2D eigenvalue weighted by atomic mass is 9.40. The third kappa shape index (κ3) is 2.40. The van der Waals surface area contributed by atoms with Gasteiger partial charge in [0.15, 0.2) is 0 Å². The SMILES string of the molecule is CC(=O)N1CCN(C(=O)C23CC4C[C@@](C)(C2)C[C@@](C)(C4)C3)CC1. The van der Waals surface area contributed by atoms with E-state index in [-0.39, 0.29) is 11.3 Å². The molecule has 4 heteroatoms. The van der Waals surface area contributed by atoms with E-state index < -0.39 is 0 Å². The van der Waals surface area contributed by atoms with Gasteiger partial charge in [-0.25, -0.2) is 0 Å².